The molecule has 0 aliphatic carbocycles. The van der Waals surface area contributed by atoms with Gasteiger partial charge in [0.1, 0.15) is 11.6 Å². The lowest BCUT2D eigenvalue weighted by Gasteiger charge is -2.27. The monoisotopic (exact) mass is 416 g/mol. The van der Waals surface area contributed by atoms with Crippen LogP contribution in [0.3, 0.4) is 0 Å². The molecule has 0 atom stereocenters. The second-order valence-electron chi connectivity index (χ2n) is 8.35. The predicted molar refractivity (Wildman–Crippen MR) is 117 cm³/mol. The van der Waals surface area contributed by atoms with Crippen molar-refractivity contribution >= 4 is 23.2 Å². The van der Waals surface area contributed by atoms with Crippen molar-refractivity contribution < 1.29 is 9.53 Å². The van der Waals surface area contributed by atoms with E-state index in [1.54, 1.807) is 29.7 Å². The van der Waals surface area contributed by atoms with E-state index in [-0.39, 0.29) is 5.91 Å². The number of hydrogen-bond acceptors (Lipinski definition) is 7. The molecule has 8 nitrogen and oxygen atoms in total. The molecule has 158 valence electrons. The fourth-order valence-electron chi connectivity index (χ4n) is 4.08. The zero-order valence-electron chi connectivity index (χ0n) is 17.9. The lowest BCUT2D eigenvalue weighted by molar-refractivity contribution is -0.121. The van der Waals surface area contributed by atoms with Crippen LogP contribution < -0.4 is 9.80 Å². The minimum atomic E-state index is -0.651. The van der Waals surface area contributed by atoms with Crippen LogP contribution in [0, 0.1) is 6.92 Å². The highest BCUT2D eigenvalue weighted by molar-refractivity contribution is 6.12. The van der Waals surface area contributed by atoms with Gasteiger partial charge in [-0.15, -0.1) is 0 Å². The van der Waals surface area contributed by atoms with Gasteiger partial charge in [-0.1, -0.05) is 12.1 Å². The second-order valence-corrected chi connectivity index (χ2v) is 8.35. The molecular formula is C23H24N6O2. The molecule has 0 bridgehead atoms. The molecule has 1 saturated heterocycles. The van der Waals surface area contributed by atoms with Crippen molar-refractivity contribution in [1.82, 2.24) is 19.9 Å². The maximum Gasteiger partial charge on any atom is 0.242 e. The maximum atomic E-state index is 13.4. The van der Waals surface area contributed by atoms with Crippen molar-refractivity contribution in [2.24, 2.45) is 0 Å². The SMILES string of the molecule is Cc1ncc(-c2ccc3c(c2)N(c2cnc(N4CCOCC4)cn2)C(=O)C3(C)C)cn1. The van der Waals surface area contributed by atoms with Gasteiger partial charge in [0.2, 0.25) is 5.91 Å². The van der Waals surface area contributed by atoms with Crippen molar-refractivity contribution in [1.29, 1.82) is 0 Å². The summed E-state index contributed by atoms with van der Waals surface area (Å²) in [6.45, 7) is 8.68. The molecule has 0 radical (unpaired) electrons. The Morgan fingerprint density at radius 3 is 2.26 bits per heavy atom. The number of rotatable bonds is 3. The first-order valence-corrected chi connectivity index (χ1v) is 10.4. The number of amides is 1. The van der Waals surface area contributed by atoms with Gasteiger partial charge in [-0.3, -0.25) is 9.69 Å². The van der Waals surface area contributed by atoms with Crippen LogP contribution in [0.5, 0.6) is 0 Å². The zero-order chi connectivity index (χ0) is 21.6. The molecule has 3 aromatic rings. The molecule has 5 rings (SSSR count). The summed E-state index contributed by atoms with van der Waals surface area (Å²) >= 11 is 0. The first-order chi connectivity index (χ1) is 14.9. The number of anilines is 3. The average Bonchev–Trinajstić information content (AvgIpc) is 3.00. The molecule has 8 heteroatoms. The number of ether oxygens (including phenoxy) is 1. The van der Waals surface area contributed by atoms with E-state index in [0.717, 1.165) is 47.1 Å². The third kappa shape index (κ3) is 3.33. The normalized spacial score (nSPS) is 17.7. The molecule has 1 fully saturated rings. The van der Waals surface area contributed by atoms with Crippen LogP contribution >= 0.6 is 0 Å². The Hall–Kier alpha value is -3.39. The number of nitrogens with zero attached hydrogens (tertiary/aromatic N) is 6. The summed E-state index contributed by atoms with van der Waals surface area (Å²) in [5.74, 6) is 2.02. The quantitative estimate of drug-likeness (QED) is 0.649. The highest BCUT2D eigenvalue weighted by Gasteiger charge is 2.45. The summed E-state index contributed by atoms with van der Waals surface area (Å²) in [4.78, 5) is 35.0. The molecule has 0 N–H and O–H groups in total. The molecule has 31 heavy (non-hydrogen) atoms. The Balaban J connectivity index is 1.53. The summed E-state index contributed by atoms with van der Waals surface area (Å²) < 4.78 is 5.40. The van der Waals surface area contributed by atoms with Gasteiger partial charge in [0.05, 0.1) is 36.7 Å². The highest BCUT2D eigenvalue weighted by Crippen LogP contribution is 2.46. The Morgan fingerprint density at radius 1 is 0.903 bits per heavy atom. The largest absolute Gasteiger partial charge is 0.378 e. The zero-order valence-corrected chi connectivity index (χ0v) is 17.9. The van der Waals surface area contributed by atoms with Crippen molar-refractivity contribution in [3.63, 3.8) is 0 Å². The number of aromatic nitrogens is 4. The Bertz CT molecular complexity index is 1120. The number of hydrogen-bond donors (Lipinski definition) is 0. The van der Waals surface area contributed by atoms with E-state index in [9.17, 15) is 4.79 Å². The van der Waals surface area contributed by atoms with Gasteiger partial charge in [-0.05, 0) is 38.0 Å². The summed E-state index contributed by atoms with van der Waals surface area (Å²) in [6, 6.07) is 6.03. The third-order valence-corrected chi connectivity index (χ3v) is 5.95. The number of morpholine rings is 1. The lowest BCUT2D eigenvalue weighted by atomic mass is 9.85. The Labute approximate surface area is 180 Å². The first-order valence-electron chi connectivity index (χ1n) is 10.4. The number of aryl methyl sites for hydroxylation is 1. The Kier molecular flexibility index (Phi) is 4.66. The van der Waals surface area contributed by atoms with Crippen LogP contribution in [0.2, 0.25) is 0 Å². The molecular weight excluding hydrogens is 392 g/mol. The van der Waals surface area contributed by atoms with E-state index in [1.165, 1.54) is 0 Å². The molecule has 0 saturated carbocycles. The summed E-state index contributed by atoms with van der Waals surface area (Å²) in [6.07, 6.45) is 7.01. The minimum absolute atomic E-state index is 0.0202. The van der Waals surface area contributed by atoms with Crippen molar-refractivity contribution in [3.05, 3.63) is 54.4 Å². The molecule has 2 aliphatic rings. The first kappa shape index (κ1) is 19.6. The van der Waals surface area contributed by atoms with E-state index in [1.807, 2.05) is 39.0 Å². The summed E-state index contributed by atoms with van der Waals surface area (Å²) in [5, 5.41) is 0. The average molecular weight is 416 g/mol. The molecule has 4 heterocycles. The van der Waals surface area contributed by atoms with Crippen LogP contribution in [0.4, 0.5) is 17.3 Å². The standard InChI is InChI=1S/C23H24N6O2/c1-15-24-11-17(12-25-15)16-4-5-18-19(10-16)29(22(30)23(18,2)3)21-14-26-20(13-27-21)28-6-8-31-9-7-28/h4-5,10-14H,6-9H2,1-3H3. The third-order valence-electron chi connectivity index (χ3n) is 5.95. The van der Waals surface area contributed by atoms with Crippen molar-refractivity contribution in [2.75, 3.05) is 36.1 Å². The lowest BCUT2D eigenvalue weighted by Crippen LogP contribution is -2.37. The number of carbonyl (C=O) groups is 1. The molecule has 0 spiro atoms. The second kappa shape index (κ2) is 7.39. The van der Waals surface area contributed by atoms with E-state index in [4.69, 9.17) is 4.74 Å². The van der Waals surface area contributed by atoms with Crippen molar-refractivity contribution in [3.8, 4) is 11.1 Å². The van der Waals surface area contributed by atoms with Gasteiger partial charge in [0, 0.05) is 31.0 Å². The van der Waals surface area contributed by atoms with Crippen LogP contribution in [-0.4, -0.2) is 52.1 Å². The van der Waals surface area contributed by atoms with E-state index < -0.39 is 5.41 Å². The summed E-state index contributed by atoms with van der Waals surface area (Å²) in [5.41, 5.74) is 2.99. The number of benzene rings is 1. The number of carbonyl (C=O) groups excluding carboxylic acids is 1. The van der Waals surface area contributed by atoms with Gasteiger partial charge < -0.3 is 9.64 Å². The number of fused-ring (bicyclic) bond motifs is 1. The van der Waals surface area contributed by atoms with E-state index in [0.29, 0.717) is 19.0 Å². The van der Waals surface area contributed by atoms with Crippen molar-refractivity contribution in [2.45, 2.75) is 26.2 Å². The van der Waals surface area contributed by atoms with Gasteiger partial charge >= 0.3 is 0 Å². The predicted octanol–water partition coefficient (Wildman–Crippen LogP) is 3.03. The van der Waals surface area contributed by atoms with Crippen LogP contribution in [-0.2, 0) is 14.9 Å². The van der Waals surface area contributed by atoms with E-state index in [2.05, 4.69) is 24.8 Å². The highest BCUT2D eigenvalue weighted by atomic mass is 16.5. The van der Waals surface area contributed by atoms with E-state index >= 15 is 0 Å². The molecule has 2 aromatic heterocycles. The van der Waals surface area contributed by atoms with Crippen LogP contribution in [0.15, 0.2) is 43.0 Å². The molecule has 1 aromatic carbocycles. The Morgan fingerprint density at radius 2 is 1.58 bits per heavy atom. The maximum absolute atomic E-state index is 13.4. The van der Waals surface area contributed by atoms with Crippen LogP contribution in [0.25, 0.3) is 11.1 Å². The topological polar surface area (TPSA) is 84.3 Å². The molecule has 1 amide bonds. The fraction of sp³-hybridized carbons (Fsp3) is 0.348. The van der Waals surface area contributed by atoms with Gasteiger partial charge in [0.25, 0.3) is 0 Å². The fourth-order valence-corrected chi connectivity index (χ4v) is 4.08. The summed E-state index contributed by atoms with van der Waals surface area (Å²) in [7, 11) is 0. The smallest absolute Gasteiger partial charge is 0.242 e. The molecule has 2 aliphatic heterocycles. The molecule has 0 unspecified atom stereocenters. The van der Waals surface area contributed by atoms with Gasteiger partial charge in [0.15, 0.2) is 5.82 Å². The van der Waals surface area contributed by atoms with Gasteiger partial charge in [-0.25, -0.2) is 19.9 Å². The van der Waals surface area contributed by atoms with Gasteiger partial charge in [-0.2, -0.15) is 0 Å². The van der Waals surface area contributed by atoms with Crippen LogP contribution in [0.1, 0.15) is 25.2 Å². The minimum Gasteiger partial charge on any atom is -0.378 e.